The van der Waals surface area contributed by atoms with E-state index in [-0.39, 0.29) is 18.2 Å². The van der Waals surface area contributed by atoms with Gasteiger partial charge in [-0.15, -0.1) is 0 Å². The Bertz CT molecular complexity index is 689. The summed E-state index contributed by atoms with van der Waals surface area (Å²) in [5.41, 5.74) is 2.42. The summed E-state index contributed by atoms with van der Waals surface area (Å²) < 4.78 is 11.4. The van der Waals surface area contributed by atoms with Crippen molar-refractivity contribution < 1.29 is 14.3 Å². The van der Waals surface area contributed by atoms with Gasteiger partial charge < -0.3 is 14.8 Å². The van der Waals surface area contributed by atoms with Crippen LogP contribution in [0.25, 0.3) is 0 Å². The van der Waals surface area contributed by atoms with Crippen molar-refractivity contribution in [2.75, 3.05) is 6.61 Å². The molecule has 1 amide bonds. The number of benzene rings is 2. The monoisotopic (exact) mass is 367 g/mol. The van der Waals surface area contributed by atoms with E-state index < -0.39 is 0 Å². The topological polar surface area (TPSA) is 47.6 Å². The summed E-state index contributed by atoms with van der Waals surface area (Å²) >= 11 is 0. The van der Waals surface area contributed by atoms with E-state index in [1.165, 1.54) is 5.56 Å². The summed E-state index contributed by atoms with van der Waals surface area (Å²) in [6, 6.07) is 20.5. The number of hydrogen-bond donors (Lipinski definition) is 1. The molecular weight excluding hydrogens is 338 g/mol. The van der Waals surface area contributed by atoms with Crippen LogP contribution < -0.4 is 5.32 Å². The molecule has 0 radical (unpaired) electrons. The number of ether oxygens (including phenoxy) is 2. The molecule has 4 nitrogen and oxygen atoms in total. The molecule has 144 valence electrons. The van der Waals surface area contributed by atoms with Crippen molar-refractivity contribution in [1.82, 2.24) is 5.32 Å². The molecule has 0 aromatic heterocycles. The zero-order chi connectivity index (χ0) is 18.9. The van der Waals surface area contributed by atoms with E-state index in [0.717, 1.165) is 31.2 Å². The Balaban J connectivity index is 1.37. The van der Waals surface area contributed by atoms with E-state index in [2.05, 4.69) is 36.5 Å². The van der Waals surface area contributed by atoms with Crippen LogP contribution in [0.1, 0.15) is 49.7 Å². The zero-order valence-corrected chi connectivity index (χ0v) is 16.0. The van der Waals surface area contributed by atoms with Crippen LogP contribution in [0.3, 0.4) is 0 Å². The summed E-state index contributed by atoms with van der Waals surface area (Å²) in [4.78, 5) is 12.1. The first kappa shape index (κ1) is 19.4. The highest BCUT2D eigenvalue weighted by Crippen LogP contribution is 2.23. The maximum absolute atomic E-state index is 12.1. The van der Waals surface area contributed by atoms with Crippen LogP contribution in [-0.2, 0) is 16.1 Å². The van der Waals surface area contributed by atoms with Crippen molar-refractivity contribution >= 4 is 6.09 Å². The molecule has 0 bridgehead atoms. The van der Waals surface area contributed by atoms with Crippen molar-refractivity contribution in [2.45, 2.75) is 57.3 Å². The van der Waals surface area contributed by atoms with E-state index in [4.69, 9.17) is 9.47 Å². The number of amides is 1. The highest BCUT2D eigenvalue weighted by atomic mass is 16.5. The van der Waals surface area contributed by atoms with E-state index in [9.17, 15) is 4.79 Å². The summed E-state index contributed by atoms with van der Waals surface area (Å²) in [7, 11) is 0. The second-order valence-electron chi connectivity index (χ2n) is 7.25. The number of nitrogens with one attached hydrogen (secondary N) is 1. The van der Waals surface area contributed by atoms with Gasteiger partial charge in [0.25, 0.3) is 0 Å². The van der Waals surface area contributed by atoms with Gasteiger partial charge in [-0.1, -0.05) is 67.6 Å². The minimum Gasteiger partial charge on any atom is -0.450 e. The van der Waals surface area contributed by atoms with Crippen LogP contribution in [0.2, 0.25) is 0 Å². The molecule has 2 aromatic carbocycles. The molecule has 0 aliphatic heterocycles. The van der Waals surface area contributed by atoms with Gasteiger partial charge in [0, 0.05) is 0 Å². The fraction of sp³-hybridized carbons (Fsp3) is 0.435. The van der Waals surface area contributed by atoms with Gasteiger partial charge in [0.15, 0.2) is 0 Å². The third-order valence-electron chi connectivity index (χ3n) is 5.22. The van der Waals surface area contributed by atoms with Gasteiger partial charge >= 0.3 is 6.09 Å². The lowest BCUT2D eigenvalue weighted by atomic mass is 9.98. The second-order valence-corrected chi connectivity index (χ2v) is 7.25. The quantitative estimate of drug-likeness (QED) is 0.711. The Kier molecular flexibility index (Phi) is 7.28. The smallest absolute Gasteiger partial charge is 0.407 e. The van der Waals surface area contributed by atoms with E-state index in [1.807, 2.05) is 36.4 Å². The van der Waals surface area contributed by atoms with E-state index in [0.29, 0.717) is 19.1 Å². The van der Waals surface area contributed by atoms with Crippen LogP contribution in [0.5, 0.6) is 0 Å². The van der Waals surface area contributed by atoms with Crippen LogP contribution in [0.15, 0.2) is 60.7 Å². The van der Waals surface area contributed by atoms with Crippen molar-refractivity contribution in [2.24, 2.45) is 0 Å². The molecule has 0 spiro atoms. The lowest BCUT2D eigenvalue weighted by Crippen LogP contribution is -2.41. The fourth-order valence-electron chi connectivity index (χ4n) is 3.54. The molecule has 2 aromatic rings. The summed E-state index contributed by atoms with van der Waals surface area (Å²) in [5.74, 6) is 0.368. The normalized spacial score (nSPS) is 20.2. The number of carbonyl (C=O) groups is 1. The van der Waals surface area contributed by atoms with Crippen LogP contribution in [-0.4, -0.2) is 24.8 Å². The molecule has 1 saturated carbocycles. The van der Waals surface area contributed by atoms with Crippen LogP contribution in [0, 0.1) is 0 Å². The number of rotatable bonds is 8. The lowest BCUT2D eigenvalue weighted by Gasteiger charge is -2.21. The Hall–Kier alpha value is -2.33. The SMILES string of the molecule is CC(CCOC(=O)NC1CCCC1OCc1ccccc1)c1ccccc1. The Morgan fingerprint density at radius 1 is 1.07 bits per heavy atom. The van der Waals surface area contributed by atoms with Gasteiger partial charge in [0.2, 0.25) is 0 Å². The lowest BCUT2D eigenvalue weighted by molar-refractivity contribution is 0.0265. The Morgan fingerprint density at radius 2 is 1.78 bits per heavy atom. The predicted octanol–water partition coefficient (Wildman–Crippen LogP) is 5.04. The Labute approximate surface area is 161 Å². The van der Waals surface area contributed by atoms with Gasteiger partial charge in [-0.05, 0) is 42.7 Å². The molecule has 0 saturated heterocycles. The minimum atomic E-state index is -0.338. The standard InChI is InChI=1S/C23H29NO3/c1-18(20-11-6-3-7-12-20)15-16-26-23(25)24-21-13-8-14-22(21)27-17-19-9-4-2-5-10-19/h2-7,9-12,18,21-22H,8,13-17H2,1H3,(H,24,25). The average molecular weight is 367 g/mol. The maximum Gasteiger partial charge on any atom is 0.407 e. The molecule has 3 atom stereocenters. The van der Waals surface area contributed by atoms with Gasteiger partial charge in [-0.3, -0.25) is 0 Å². The van der Waals surface area contributed by atoms with E-state index in [1.54, 1.807) is 0 Å². The Morgan fingerprint density at radius 3 is 2.52 bits per heavy atom. The fourth-order valence-corrected chi connectivity index (χ4v) is 3.54. The molecule has 3 rings (SSSR count). The predicted molar refractivity (Wildman–Crippen MR) is 107 cm³/mol. The molecule has 1 aliphatic rings. The van der Waals surface area contributed by atoms with Crippen molar-refractivity contribution in [3.63, 3.8) is 0 Å². The first-order chi connectivity index (χ1) is 13.2. The molecule has 1 N–H and O–H groups in total. The number of alkyl carbamates (subject to hydrolysis) is 1. The summed E-state index contributed by atoms with van der Waals surface area (Å²) in [6.45, 7) is 3.15. The van der Waals surface area contributed by atoms with Crippen molar-refractivity contribution in [3.8, 4) is 0 Å². The highest BCUT2D eigenvalue weighted by Gasteiger charge is 2.29. The maximum atomic E-state index is 12.1. The van der Waals surface area contributed by atoms with Gasteiger partial charge in [-0.25, -0.2) is 4.79 Å². The first-order valence-electron chi connectivity index (χ1n) is 9.86. The molecule has 0 heterocycles. The minimum absolute atomic E-state index is 0.0350. The number of hydrogen-bond acceptors (Lipinski definition) is 3. The third kappa shape index (κ3) is 6.10. The molecular formula is C23H29NO3. The third-order valence-corrected chi connectivity index (χ3v) is 5.22. The van der Waals surface area contributed by atoms with Crippen molar-refractivity contribution in [3.05, 3.63) is 71.8 Å². The van der Waals surface area contributed by atoms with Gasteiger partial charge in [-0.2, -0.15) is 0 Å². The van der Waals surface area contributed by atoms with Crippen LogP contribution >= 0.6 is 0 Å². The summed E-state index contributed by atoms with van der Waals surface area (Å²) in [6.07, 6.45) is 3.51. The van der Waals surface area contributed by atoms with E-state index >= 15 is 0 Å². The largest absolute Gasteiger partial charge is 0.450 e. The molecule has 4 heteroatoms. The van der Waals surface area contributed by atoms with Gasteiger partial charge in [0.05, 0.1) is 25.4 Å². The van der Waals surface area contributed by atoms with Gasteiger partial charge in [0.1, 0.15) is 0 Å². The molecule has 1 aliphatic carbocycles. The first-order valence-corrected chi connectivity index (χ1v) is 9.86. The second kappa shape index (κ2) is 10.1. The average Bonchev–Trinajstić information content (AvgIpc) is 3.14. The summed E-state index contributed by atoms with van der Waals surface area (Å²) in [5, 5.41) is 2.99. The molecule has 3 unspecified atom stereocenters. The molecule has 27 heavy (non-hydrogen) atoms. The zero-order valence-electron chi connectivity index (χ0n) is 16.0. The number of carbonyl (C=O) groups excluding carboxylic acids is 1. The molecule has 1 fully saturated rings. The highest BCUT2D eigenvalue weighted by molar-refractivity contribution is 5.67. The van der Waals surface area contributed by atoms with Crippen LogP contribution in [0.4, 0.5) is 4.79 Å². The van der Waals surface area contributed by atoms with Crippen molar-refractivity contribution in [1.29, 1.82) is 0 Å².